The van der Waals surface area contributed by atoms with Gasteiger partial charge < -0.3 is 15.6 Å². The molecule has 0 radical (unpaired) electrons. The molecule has 0 amide bonds. The minimum atomic E-state index is 0.526. The van der Waals surface area contributed by atoms with Gasteiger partial charge in [0.1, 0.15) is 11.3 Å². The first-order valence-electron chi connectivity index (χ1n) is 9.14. The maximum atomic E-state index is 6.22. The van der Waals surface area contributed by atoms with Gasteiger partial charge in [0.2, 0.25) is 0 Å². The molecule has 0 saturated carbocycles. The second-order valence-corrected chi connectivity index (χ2v) is 6.36. The van der Waals surface area contributed by atoms with Crippen molar-refractivity contribution in [3.63, 3.8) is 0 Å². The Labute approximate surface area is 149 Å². The number of hydrogen-bond donors (Lipinski definition) is 2. The van der Waals surface area contributed by atoms with Gasteiger partial charge in [-0.1, -0.05) is 38.1 Å². The van der Waals surface area contributed by atoms with Crippen molar-refractivity contribution in [1.82, 2.24) is 19.9 Å². The van der Waals surface area contributed by atoms with E-state index in [-0.39, 0.29) is 0 Å². The smallest absolute Gasteiger partial charge is 0.152 e. The highest BCUT2D eigenvalue weighted by Gasteiger charge is 2.16. The fraction of sp³-hybridized carbons (Fsp3) is 0.400. The number of para-hydroxylation sites is 1. The molecule has 0 spiro atoms. The summed E-state index contributed by atoms with van der Waals surface area (Å²) in [5.74, 6) is 1.65. The number of pyridine rings is 1. The predicted molar refractivity (Wildman–Crippen MR) is 105 cm³/mol. The van der Waals surface area contributed by atoms with E-state index in [1.54, 1.807) is 6.20 Å². The lowest BCUT2D eigenvalue weighted by Gasteiger charge is -2.11. The highest BCUT2D eigenvalue weighted by atomic mass is 15.1. The van der Waals surface area contributed by atoms with E-state index < -0.39 is 0 Å². The van der Waals surface area contributed by atoms with Crippen LogP contribution >= 0.6 is 0 Å². The van der Waals surface area contributed by atoms with Crippen LogP contribution in [0.15, 0.2) is 37.0 Å². The quantitative estimate of drug-likeness (QED) is 0.579. The highest BCUT2D eigenvalue weighted by Crippen LogP contribution is 2.29. The zero-order valence-electron chi connectivity index (χ0n) is 15.0. The van der Waals surface area contributed by atoms with Gasteiger partial charge in [-0.25, -0.2) is 9.97 Å². The maximum Gasteiger partial charge on any atom is 0.152 e. The average molecular weight is 337 g/mol. The van der Waals surface area contributed by atoms with Crippen molar-refractivity contribution >= 4 is 27.8 Å². The molecule has 3 N–H and O–H groups in total. The molecular formula is C20H27N5. The number of imidazole rings is 1. The topological polar surface area (TPSA) is 68.8 Å². The van der Waals surface area contributed by atoms with Gasteiger partial charge >= 0.3 is 0 Å². The molecule has 5 heteroatoms. The molecule has 132 valence electrons. The molecule has 0 saturated heterocycles. The molecule has 5 nitrogen and oxygen atoms in total. The van der Waals surface area contributed by atoms with E-state index in [9.17, 15) is 0 Å². The van der Waals surface area contributed by atoms with Crippen LogP contribution in [0, 0.1) is 0 Å². The van der Waals surface area contributed by atoms with Gasteiger partial charge in [-0.15, -0.1) is 0 Å². The van der Waals surface area contributed by atoms with Gasteiger partial charge in [0.05, 0.1) is 11.0 Å². The van der Waals surface area contributed by atoms with Crippen LogP contribution in [0.2, 0.25) is 0 Å². The Kier molecular flexibility index (Phi) is 5.53. The Morgan fingerprint density at radius 3 is 2.84 bits per heavy atom. The number of aryl methyl sites for hydroxylation is 2. The average Bonchev–Trinajstić information content (AvgIpc) is 2.99. The Morgan fingerprint density at radius 2 is 2.04 bits per heavy atom. The Morgan fingerprint density at radius 1 is 1.20 bits per heavy atom. The second kappa shape index (κ2) is 8.01. The van der Waals surface area contributed by atoms with Gasteiger partial charge in [-0.2, -0.15) is 0 Å². The van der Waals surface area contributed by atoms with E-state index in [1.165, 1.54) is 0 Å². The third-order valence-corrected chi connectivity index (χ3v) is 4.54. The summed E-state index contributed by atoms with van der Waals surface area (Å²) in [6.07, 6.45) is 7.19. The van der Waals surface area contributed by atoms with E-state index in [2.05, 4.69) is 40.5 Å². The van der Waals surface area contributed by atoms with Crippen molar-refractivity contribution < 1.29 is 0 Å². The number of nitrogens with two attached hydrogens (primary N) is 1. The van der Waals surface area contributed by atoms with Crippen LogP contribution in [0.1, 0.15) is 38.4 Å². The standard InChI is InChI=1S/C20H27N5/c1-3-5-12-17-24-18-19(25(17)14-9-8-13-22-4-2)15-10-6-7-11-16(15)23-20(18)21/h4,6-7,10-11,22H,2-3,5,8-9,12-14H2,1H3,(H2,21,23). The van der Waals surface area contributed by atoms with Crippen LogP contribution in [0.25, 0.3) is 21.9 Å². The maximum absolute atomic E-state index is 6.22. The summed E-state index contributed by atoms with van der Waals surface area (Å²) in [6.45, 7) is 7.80. The zero-order valence-corrected chi connectivity index (χ0v) is 15.0. The summed E-state index contributed by atoms with van der Waals surface area (Å²) < 4.78 is 2.36. The first-order valence-corrected chi connectivity index (χ1v) is 9.14. The minimum absolute atomic E-state index is 0.526. The van der Waals surface area contributed by atoms with Crippen molar-refractivity contribution in [2.45, 2.75) is 45.6 Å². The number of rotatable bonds is 9. The van der Waals surface area contributed by atoms with Crippen molar-refractivity contribution in [3.8, 4) is 0 Å². The Balaban J connectivity index is 2.04. The monoisotopic (exact) mass is 337 g/mol. The van der Waals surface area contributed by atoms with Crippen molar-refractivity contribution in [3.05, 3.63) is 42.9 Å². The number of anilines is 1. The molecule has 25 heavy (non-hydrogen) atoms. The minimum Gasteiger partial charge on any atom is -0.391 e. The van der Waals surface area contributed by atoms with E-state index in [1.807, 2.05) is 12.1 Å². The third kappa shape index (κ3) is 3.60. The number of unbranched alkanes of at least 4 members (excludes halogenated alkanes) is 2. The first-order chi connectivity index (χ1) is 12.3. The molecule has 3 rings (SSSR count). The predicted octanol–water partition coefficient (Wildman–Crippen LogP) is 4.02. The number of benzene rings is 1. The summed E-state index contributed by atoms with van der Waals surface area (Å²) in [5.41, 5.74) is 9.13. The molecule has 0 bridgehead atoms. The van der Waals surface area contributed by atoms with Gasteiger partial charge in [0.25, 0.3) is 0 Å². The molecule has 0 aliphatic rings. The van der Waals surface area contributed by atoms with Crippen LogP contribution in [-0.4, -0.2) is 21.1 Å². The van der Waals surface area contributed by atoms with Crippen LogP contribution in [-0.2, 0) is 13.0 Å². The summed E-state index contributed by atoms with van der Waals surface area (Å²) in [4.78, 5) is 9.40. The number of nitrogens with zero attached hydrogens (tertiary/aromatic N) is 3. The lowest BCUT2D eigenvalue weighted by atomic mass is 10.2. The number of fused-ring (bicyclic) bond motifs is 3. The molecule has 0 fully saturated rings. The van der Waals surface area contributed by atoms with Gasteiger partial charge in [-0.05, 0) is 31.5 Å². The molecule has 2 aromatic heterocycles. The molecule has 3 aromatic rings. The molecule has 2 heterocycles. The van der Waals surface area contributed by atoms with E-state index in [0.29, 0.717) is 5.82 Å². The van der Waals surface area contributed by atoms with E-state index in [4.69, 9.17) is 10.7 Å². The molecular weight excluding hydrogens is 310 g/mol. The van der Waals surface area contributed by atoms with Crippen molar-refractivity contribution in [2.75, 3.05) is 12.3 Å². The zero-order chi connectivity index (χ0) is 17.6. The summed E-state index contributed by atoms with van der Waals surface area (Å²) in [5, 5.41) is 4.29. The van der Waals surface area contributed by atoms with Gasteiger partial charge in [0.15, 0.2) is 5.82 Å². The van der Waals surface area contributed by atoms with Crippen LogP contribution in [0.4, 0.5) is 5.82 Å². The van der Waals surface area contributed by atoms with Crippen LogP contribution < -0.4 is 11.1 Å². The van der Waals surface area contributed by atoms with Gasteiger partial charge in [0, 0.05) is 24.9 Å². The highest BCUT2D eigenvalue weighted by molar-refractivity contribution is 6.06. The third-order valence-electron chi connectivity index (χ3n) is 4.54. The molecule has 0 aliphatic carbocycles. The lowest BCUT2D eigenvalue weighted by Crippen LogP contribution is -2.09. The molecule has 0 aliphatic heterocycles. The summed E-state index contributed by atoms with van der Waals surface area (Å²) in [7, 11) is 0. The normalized spacial score (nSPS) is 11.2. The van der Waals surface area contributed by atoms with Crippen LogP contribution in [0.5, 0.6) is 0 Å². The molecule has 0 unspecified atom stereocenters. The largest absolute Gasteiger partial charge is 0.391 e. The molecule has 1 aromatic carbocycles. The van der Waals surface area contributed by atoms with Crippen LogP contribution in [0.3, 0.4) is 0 Å². The first kappa shape index (κ1) is 17.3. The number of nitrogen functional groups attached to an aromatic ring is 1. The number of aromatic nitrogens is 3. The lowest BCUT2D eigenvalue weighted by molar-refractivity contribution is 0.581. The van der Waals surface area contributed by atoms with E-state index in [0.717, 1.165) is 73.0 Å². The number of hydrogen-bond acceptors (Lipinski definition) is 4. The Hall–Kier alpha value is -2.56. The summed E-state index contributed by atoms with van der Waals surface area (Å²) in [6, 6.07) is 8.18. The summed E-state index contributed by atoms with van der Waals surface area (Å²) >= 11 is 0. The second-order valence-electron chi connectivity index (χ2n) is 6.36. The fourth-order valence-corrected chi connectivity index (χ4v) is 3.27. The fourth-order valence-electron chi connectivity index (χ4n) is 3.27. The number of nitrogens with one attached hydrogen (secondary N) is 1. The van der Waals surface area contributed by atoms with E-state index >= 15 is 0 Å². The van der Waals surface area contributed by atoms with Crippen molar-refractivity contribution in [1.29, 1.82) is 0 Å². The Bertz CT molecular complexity index is 865. The molecule has 0 atom stereocenters. The van der Waals surface area contributed by atoms with Crippen molar-refractivity contribution in [2.24, 2.45) is 0 Å². The SMILES string of the molecule is C=CNCCCCn1c(CCCC)nc2c(N)nc3ccccc3c21. The van der Waals surface area contributed by atoms with Gasteiger partial charge in [-0.3, -0.25) is 0 Å².